The quantitative estimate of drug-likeness (QED) is 0.824. The maximum atomic E-state index is 9.95. The molecule has 4 heteroatoms. The number of fused-ring (bicyclic) bond motifs is 1. The number of rotatable bonds is 6. The number of benzene rings is 1. The van der Waals surface area contributed by atoms with Gasteiger partial charge in [-0.15, -0.1) is 0 Å². The van der Waals surface area contributed by atoms with E-state index in [4.69, 9.17) is 9.47 Å². The van der Waals surface area contributed by atoms with Gasteiger partial charge in [0.15, 0.2) is 0 Å². The van der Waals surface area contributed by atoms with Crippen LogP contribution in [0, 0.1) is 0 Å². The lowest BCUT2D eigenvalue weighted by molar-refractivity contribution is 0.0164. The lowest BCUT2D eigenvalue weighted by Crippen LogP contribution is -2.23. The zero-order chi connectivity index (χ0) is 13.7. The lowest BCUT2D eigenvalue weighted by Gasteiger charge is -2.22. The van der Waals surface area contributed by atoms with Crippen molar-refractivity contribution >= 4 is 0 Å². The average molecular weight is 266 g/mol. The molecule has 1 aromatic carbocycles. The van der Waals surface area contributed by atoms with E-state index in [1.807, 2.05) is 25.1 Å². The van der Waals surface area contributed by atoms with Crippen molar-refractivity contribution in [2.75, 3.05) is 19.8 Å². The number of aliphatic hydroxyl groups is 2. The Kier molecular flexibility index (Phi) is 5.19. The van der Waals surface area contributed by atoms with Crippen molar-refractivity contribution in [3.05, 3.63) is 29.3 Å². The number of hydrogen-bond acceptors (Lipinski definition) is 4. The van der Waals surface area contributed by atoms with E-state index in [1.165, 1.54) is 5.56 Å². The van der Waals surface area contributed by atoms with Crippen LogP contribution in [-0.2, 0) is 11.2 Å². The van der Waals surface area contributed by atoms with Crippen LogP contribution in [0.4, 0.5) is 0 Å². The lowest BCUT2D eigenvalue weighted by atomic mass is 9.89. The van der Waals surface area contributed by atoms with Crippen LogP contribution in [0.1, 0.15) is 37.0 Å². The van der Waals surface area contributed by atoms with Gasteiger partial charge in [-0.25, -0.2) is 0 Å². The smallest absolute Gasteiger partial charge is 0.119 e. The van der Waals surface area contributed by atoms with E-state index in [9.17, 15) is 10.2 Å². The Labute approximate surface area is 114 Å². The summed E-state index contributed by atoms with van der Waals surface area (Å²) in [7, 11) is 0. The second-order valence-electron chi connectivity index (χ2n) is 4.89. The van der Waals surface area contributed by atoms with Gasteiger partial charge >= 0.3 is 0 Å². The third-order valence-electron chi connectivity index (χ3n) is 3.36. The van der Waals surface area contributed by atoms with Crippen LogP contribution in [0.3, 0.4) is 0 Å². The van der Waals surface area contributed by atoms with Crippen LogP contribution in [0.2, 0.25) is 0 Å². The van der Waals surface area contributed by atoms with Gasteiger partial charge in [0.2, 0.25) is 0 Å². The minimum Gasteiger partial charge on any atom is -0.491 e. The standard InChI is InChI=1S/C15H22O4/c1-2-18-9-12(16)10-19-13-7-6-11-4-3-5-15(17)14(11)8-13/h6-8,12,15-17H,2-5,9-10H2,1H3/t12?,15-/m1/s1. The van der Waals surface area contributed by atoms with Crippen LogP contribution in [0.5, 0.6) is 5.75 Å². The Morgan fingerprint density at radius 3 is 3.00 bits per heavy atom. The molecule has 0 aromatic heterocycles. The van der Waals surface area contributed by atoms with Gasteiger partial charge in [0.05, 0.1) is 12.7 Å². The molecule has 0 fully saturated rings. The molecular weight excluding hydrogens is 244 g/mol. The highest BCUT2D eigenvalue weighted by Crippen LogP contribution is 2.32. The fourth-order valence-corrected chi connectivity index (χ4v) is 2.34. The maximum Gasteiger partial charge on any atom is 0.119 e. The monoisotopic (exact) mass is 266 g/mol. The number of aryl methyl sites for hydroxylation is 1. The average Bonchev–Trinajstić information content (AvgIpc) is 2.43. The fraction of sp³-hybridized carbons (Fsp3) is 0.600. The molecule has 1 unspecified atom stereocenters. The van der Waals surface area contributed by atoms with E-state index in [-0.39, 0.29) is 19.3 Å². The minimum atomic E-state index is -0.624. The highest BCUT2D eigenvalue weighted by Gasteiger charge is 2.18. The van der Waals surface area contributed by atoms with E-state index >= 15 is 0 Å². The third-order valence-corrected chi connectivity index (χ3v) is 3.36. The summed E-state index contributed by atoms with van der Waals surface area (Å²) in [4.78, 5) is 0. The Balaban J connectivity index is 1.92. The zero-order valence-electron chi connectivity index (χ0n) is 11.3. The molecule has 0 heterocycles. The van der Waals surface area contributed by atoms with Gasteiger partial charge in [-0.05, 0) is 49.4 Å². The summed E-state index contributed by atoms with van der Waals surface area (Å²) in [5.41, 5.74) is 2.16. The van der Waals surface area contributed by atoms with Gasteiger partial charge in [0, 0.05) is 6.61 Å². The van der Waals surface area contributed by atoms with Crippen molar-refractivity contribution in [1.82, 2.24) is 0 Å². The van der Waals surface area contributed by atoms with Gasteiger partial charge < -0.3 is 19.7 Å². The molecule has 106 valence electrons. The summed E-state index contributed by atoms with van der Waals surface area (Å²) in [5.74, 6) is 0.690. The van der Waals surface area contributed by atoms with Gasteiger partial charge in [0.25, 0.3) is 0 Å². The van der Waals surface area contributed by atoms with Crippen molar-refractivity contribution in [3.8, 4) is 5.75 Å². The molecule has 2 N–H and O–H groups in total. The van der Waals surface area contributed by atoms with Crippen molar-refractivity contribution in [2.24, 2.45) is 0 Å². The number of aliphatic hydroxyl groups excluding tert-OH is 2. The molecule has 1 aliphatic rings. The first-order valence-electron chi connectivity index (χ1n) is 6.90. The van der Waals surface area contributed by atoms with Gasteiger partial charge in [-0.2, -0.15) is 0 Å². The Hall–Kier alpha value is -1.10. The Bertz CT molecular complexity index is 405. The van der Waals surface area contributed by atoms with Gasteiger partial charge in [-0.1, -0.05) is 6.07 Å². The van der Waals surface area contributed by atoms with E-state index < -0.39 is 6.10 Å². The van der Waals surface area contributed by atoms with E-state index in [0.717, 1.165) is 24.8 Å². The van der Waals surface area contributed by atoms with Crippen LogP contribution < -0.4 is 4.74 Å². The SMILES string of the molecule is CCOCC(O)COc1ccc2c(c1)[C@H](O)CCC2. The molecular formula is C15H22O4. The van der Waals surface area contributed by atoms with E-state index in [1.54, 1.807) is 0 Å². The molecule has 0 saturated carbocycles. The van der Waals surface area contributed by atoms with Crippen molar-refractivity contribution in [3.63, 3.8) is 0 Å². The van der Waals surface area contributed by atoms with Gasteiger partial charge in [0.1, 0.15) is 18.5 Å². The molecule has 0 bridgehead atoms. The summed E-state index contributed by atoms with van der Waals surface area (Å²) in [6, 6.07) is 5.78. The number of ether oxygens (including phenoxy) is 2. The fourth-order valence-electron chi connectivity index (χ4n) is 2.34. The first-order valence-corrected chi connectivity index (χ1v) is 6.90. The molecule has 0 saturated heterocycles. The summed E-state index contributed by atoms with van der Waals surface area (Å²) < 4.78 is 10.7. The molecule has 0 aliphatic heterocycles. The molecule has 1 aliphatic carbocycles. The summed E-state index contributed by atoms with van der Waals surface area (Å²) in [5, 5.41) is 19.6. The highest BCUT2D eigenvalue weighted by molar-refractivity contribution is 5.38. The zero-order valence-corrected chi connectivity index (χ0v) is 11.3. The minimum absolute atomic E-state index is 0.203. The normalized spacial score (nSPS) is 19.8. The second kappa shape index (κ2) is 6.89. The van der Waals surface area contributed by atoms with Crippen LogP contribution in [0.15, 0.2) is 18.2 Å². The molecule has 4 nitrogen and oxygen atoms in total. The molecule has 0 spiro atoms. The van der Waals surface area contributed by atoms with E-state index in [2.05, 4.69) is 0 Å². The van der Waals surface area contributed by atoms with Crippen LogP contribution in [-0.4, -0.2) is 36.1 Å². The van der Waals surface area contributed by atoms with Crippen LogP contribution >= 0.6 is 0 Å². The largest absolute Gasteiger partial charge is 0.491 e. The molecule has 0 radical (unpaired) electrons. The van der Waals surface area contributed by atoms with E-state index in [0.29, 0.717) is 12.4 Å². The Morgan fingerprint density at radius 1 is 1.37 bits per heavy atom. The summed E-state index contributed by atoms with van der Waals surface area (Å²) in [6.45, 7) is 2.96. The predicted octanol–water partition coefficient (Wildman–Crippen LogP) is 1.83. The van der Waals surface area contributed by atoms with Crippen molar-refractivity contribution in [1.29, 1.82) is 0 Å². The van der Waals surface area contributed by atoms with Crippen molar-refractivity contribution in [2.45, 2.75) is 38.4 Å². The van der Waals surface area contributed by atoms with Crippen LogP contribution in [0.25, 0.3) is 0 Å². The predicted molar refractivity (Wildman–Crippen MR) is 72.3 cm³/mol. The second-order valence-corrected chi connectivity index (χ2v) is 4.89. The van der Waals surface area contributed by atoms with Crippen molar-refractivity contribution < 1.29 is 19.7 Å². The summed E-state index contributed by atoms with van der Waals surface area (Å²) in [6.07, 6.45) is 1.84. The maximum absolute atomic E-state index is 9.95. The first kappa shape index (κ1) is 14.3. The third kappa shape index (κ3) is 3.93. The number of hydrogen-bond donors (Lipinski definition) is 2. The van der Waals surface area contributed by atoms with Gasteiger partial charge in [-0.3, -0.25) is 0 Å². The molecule has 0 amide bonds. The topological polar surface area (TPSA) is 58.9 Å². The Morgan fingerprint density at radius 2 is 2.21 bits per heavy atom. The molecule has 2 atom stereocenters. The summed E-state index contributed by atoms with van der Waals surface area (Å²) >= 11 is 0. The molecule has 2 rings (SSSR count). The molecule has 19 heavy (non-hydrogen) atoms. The molecule has 1 aromatic rings. The first-order chi connectivity index (χ1) is 9.20. The highest BCUT2D eigenvalue weighted by atomic mass is 16.5.